The lowest BCUT2D eigenvalue weighted by molar-refractivity contribution is -0.137. The van der Waals surface area contributed by atoms with E-state index in [0.29, 0.717) is 35.7 Å². The molecule has 4 aromatic rings. The van der Waals surface area contributed by atoms with Crippen molar-refractivity contribution in [3.8, 4) is 5.82 Å². The Morgan fingerprint density at radius 1 is 0.955 bits per heavy atom. The first-order valence-electron chi connectivity index (χ1n) is 14.6. The number of piperazine rings is 1. The quantitative estimate of drug-likeness (QED) is 0.267. The first-order chi connectivity index (χ1) is 21.0. The molecule has 5 rings (SSSR count). The van der Waals surface area contributed by atoms with E-state index < -0.39 is 17.6 Å². The molecule has 3 heterocycles. The molecule has 0 bridgehead atoms. The number of carbonyl (C=O) groups excluding carboxylic acids is 1. The highest BCUT2D eigenvalue weighted by Crippen LogP contribution is 2.33. The summed E-state index contributed by atoms with van der Waals surface area (Å²) < 4.78 is 43.3. The number of aromatic nitrogens is 4. The van der Waals surface area contributed by atoms with Gasteiger partial charge in [0.25, 0.3) is 5.91 Å². The zero-order valence-corrected chi connectivity index (χ0v) is 25.4. The van der Waals surface area contributed by atoms with Crippen molar-refractivity contribution in [1.29, 1.82) is 0 Å². The lowest BCUT2D eigenvalue weighted by Crippen LogP contribution is -2.45. The second-order valence-electron chi connectivity index (χ2n) is 11.1. The molecule has 12 heteroatoms. The fourth-order valence-corrected chi connectivity index (χ4v) is 5.42. The predicted octanol–water partition coefficient (Wildman–Crippen LogP) is 5.32. The van der Waals surface area contributed by atoms with Crippen LogP contribution in [0.5, 0.6) is 0 Å². The number of hydrogen-bond acceptors (Lipinski definition) is 7. The lowest BCUT2D eigenvalue weighted by atomic mass is 10.00. The van der Waals surface area contributed by atoms with Gasteiger partial charge >= 0.3 is 6.18 Å². The van der Waals surface area contributed by atoms with Gasteiger partial charge in [0, 0.05) is 63.5 Å². The van der Waals surface area contributed by atoms with Crippen LogP contribution in [0.4, 0.5) is 24.7 Å². The van der Waals surface area contributed by atoms with Crippen LogP contribution < -0.4 is 10.6 Å². The van der Waals surface area contributed by atoms with Crippen molar-refractivity contribution in [3.05, 3.63) is 94.1 Å². The number of alkyl halides is 3. The third-order valence-electron chi connectivity index (χ3n) is 7.91. The SMILES string of the molecule is CCN1CCN(Cc2cc(NC(=O)c3ccc(C)c(Cc4cc(C)nn4-c4cc(NC)ncn4)c3)cc(C(F)(F)F)c2)CC1. The van der Waals surface area contributed by atoms with Gasteiger partial charge in [-0.3, -0.25) is 9.69 Å². The van der Waals surface area contributed by atoms with Crippen molar-refractivity contribution in [1.82, 2.24) is 29.5 Å². The molecule has 1 aliphatic rings. The van der Waals surface area contributed by atoms with Crippen LogP contribution in [0, 0.1) is 13.8 Å². The van der Waals surface area contributed by atoms with Crippen LogP contribution in [0.1, 0.15) is 50.9 Å². The Hall–Kier alpha value is -4.29. The zero-order chi connectivity index (χ0) is 31.4. The third kappa shape index (κ3) is 7.43. The van der Waals surface area contributed by atoms with Crippen LogP contribution >= 0.6 is 0 Å². The Morgan fingerprint density at radius 3 is 2.41 bits per heavy atom. The fraction of sp³-hybridized carbons (Fsp3) is 0.375. The molecule has 1 fully saturated rings. The summed E-state index contributed by atoms with van der Waals surface area (Å²) in [4.78, 5) is 26.4. The summed E-state index contributed by atoms with van der Waals surface area (Å²) in [5.41, 5.74) is 3.73. The van der Waals surface area contributed by atoms with E-state index in [1.54, 1.807) is 36.0 Å². The number of nitrogens with zero attached hydrogens (tertiary/aromatic N) is 6. The molecule has 2 N–H and O–H groups in total. The molecule has 44 heavy (non-hydrogen) atoms. The van der Waals surface area contributed by atoms with Crippen molar-refractivity contribution in [2.24, 2.45) is 0 Å². The van der Waals surface area contributed by atoms with Crippen molar-refractivity contribution in [2.75, 3.05) is 50.4 Å². The smallest absolute Gasteiger partial charge is 0.373 e. The number of likely N-dealkylation sites (N-methyl/N-ethyl adjacent to an activating group) is 1. The average Bonchev–Trinajstić information content (AvgIpc) is 3.37. The minimum Gasteiger partial charge on any atom is -0.373 e. The maximum absolute atomic E-state index is 13.8. The van der Waals surface area contributed by atoms with Gasteiger partial charge in [0.1, 0.15) is 12.1 Å². The maximum atomic E-state index is 13.8. The molecule has 0 saturated carbocycles. The van der Waals surface area contributed by atoms with Crippen molar-refractivity contribution in [3.63, 3.8) is 0 Å². The van der Waals surface area contributed by atoms with E-state index in [-0.39, 0.29) is 5.69 Å². The molecule has 232 valence electrons. The third-order valence-corrected chi connectivity index (χ3v) is 7.91. The maximum Gasteiger partial charge on any atom is 0.416 e. The highest BCUT2D eigenvalue weighted by atomic mass is 19.4. The summed E-state index contributed by atoms with van der Waals surface area (Å²) in [5.74, 6) is 0.777. The Labute approximate surface area is 255 Å². The van der Waals surface area contributed by atoms with E-state index >= 15 is 0 Å². The Morgan fingerprint density at radius 2 is 1.70 bits per heavy atom. The number of nitrogens with one attached hydrogen (secondary N) is 2. The van der Waals surface area contributed by atoms with E-state index in [2.05, 4.69) is 42.4 Å². The normalized spacial score (nSPS) is 14.5. The molecule has 9 nitrogen and oxygen atoms in total. The molecule has 0 spiro atoms. The molecular weight excluding hydrogens is 569 g/mol. The van der Waals surface area contributed by atoms with Gasteiger partial charge in [-0.1, -0.05) is 13.0 Å². The first-order valence-corrected chi connectivity index (χ1v) is 14.6. The Bertz CT molecular complexity index is 1630. The molecule has 0 aliphatic carbocycles. The summed E-state index contributed by atoms with van der Waals surface area (Å²) >= 11 is 0. The van der Waals surface area contributed by atoms with Gasteiger partial charge in [-0.05, 0) is 73.5 Å². The molecule has 0 unspecified atom stereocenters. The summed E-state index contributed by atoms with van der Waals surface area (Å²) in [6.07, 6.45) is -2.61. The van der Waals surface area contributed by atoms with Gasteiger partial charge in [0.05, 0.1) is 17.0 Å². The summed E-state index contributed by atoms with van der Waals surface area (Å²) in [6, 6.07) is 12.9. The molecular formula is C32H37F3N8O. The van der Waals surface area contributed by atoms with Crippen molar-refractivity contribution < 1.29 is 18.0 Å². The number of aryl methyl sites for hydroxylation is 2. The van der Waals surface area contributed by atoms with Crippen LogP contribution in [0.15, 0.2) is 54.9 Å². The number of amides is 1. The van der Waals surface area contributed by atoms with Gasteiger partial charge in [-0.15, -0.1) is 0 Å². The number of rotatable bonds is 9. The standard InChI is InChI=1S/C32H37F3N8O/c1-5-41-8-10-42(11-9-41)19-23-13-26(32(33,34)35)17-27(14-23)39-31(44)24-7-6-21(2)25(15-24)16-28-12-22(3)40-43(28)30-18-29(36-4)37-20-38-30/h6-7,12-15,17-18,20H,5,8-11,16,19H2,1-4H3,(H,39,44)(H,36,37,38). The van der Waals surface area contributed by atoms with Gasteiger partial charge in [0.2, 0.25) is 0 Å². The summed E-state index contributed by atoms with van der Waals surface area (Å²) in [5, 5.41) is 10.3. The second kappa shape index (κ2) is 13.1. The minimum absolute atomic E-state index is 0.118. The summed E-state index contributed by atoms with van der Waals surface area (Å²) in [7, 11) is 1.77. The number of hydrogen-bond donors (Lipinski definition) is 2. The first kappa shape index (κ1) is 31.1. The van der Waals surface area contributed by atoms with E-state index in [4.69, 9.17) is 0 Å². The van der Waals surface area contributed by atoms with E-state index in [1.165, 1.54) is 12.4 Å². The van der Waals surface area contributed by atoms with E-state index in [1.807, 2.05) is 26.0 Å². The molecule has 0 radical (unpaired) electrons. The number of benzene rings is 2. The highest BCUT2D eigenvalue weighted by molar-refractivity contribution is 6.04. The second-order valence-corrected chi connectivity index (χ2v) is 11.1. The Kier molecular flexibility index (Phi) is 9.31. The van der Waals surface area contributed by atoms with E-state index in [9.17, 15) is 18.0 Å². The van der Waals surface area contributed by atoms with Crippen LogP contribution in [0.3, 0.4) is 0 Å². The Balaban J connectivity index is 1.37. The van der Waals surface area contributed by atoms with Crippen LogP contribution in [0.25, 0.3) is 5.82 Å². The fourth-order valence-electron chi connectivity index (χ4n) is 5.42. The topological polar surface area (TPSA) is 91.2 Å². The molecule has 1 aliphatic heterocycles. The highest BCUT2D eigenvalue weighted by Gasteiger charge is 2.31. The lowest BCUT2D eigenvalue weighted by Gasteiger charge is -2.34. The van der Waals surface area contributed by atoms with Crippen molar-refractivity contribution in [2.45, 2.75) is 39.9 Å². The van der Waals surface area contributed by atoms with Crippen LogP contribution in [-0.4, -0.2) is 75.2 Å². The van der Waals surface area contributed by atoms with Crippen molar-refractivity contribution >= 4 is 17.4 Å². The van der Waals surface area contributed by atoms with Gasteiger partial charge in [0.15, 0.2) is 5.82 Å². The summed E-state index contributed by atoms with van der Waals surface area (Å²) in [6.45, 7) is 10.6. The number of carbonyl (C=O) groups is 1. The largest absolute Gasteiger partial charge is 0.416 e. The monoisotopic (exact) mass is 606 g/mol. The molecule has 0 atom stereocenters. The molecule has 1 saturated heterocycles. The average molecular weight is 607 g/mol. The number of halogens is 3. The van der Waals surface area contributed by atoms with E-state index in [0.717, 1.165) is 61.3 Å². The molecule has 2 aromatic carbocycles. The zero-order valence-electron chi connectivity index (χ0n) is 25.4. The molecule has 1 amide bonds. The van der Waals surface area contributed by atoms with Gasteiger partial charge < -0.3 is 15.5 Å². The number of anilines is 2. The predicted molar refractivity (Wildman–Crippen MR) is 164 cm³/mol. The van der Waals surface area contributed by atoms with Gasteiger partial charge in [-0.25, -0.2) is 14.6 Å². The van der Waals surface area contributed by atoms with Crippen LogP contribution in [-0.2, 0) is 19.1 Å². The minimum atomic E-state index is -4.54. The van der Waals surface area contributed by atoms with Gasteiger partial charge in [-0.2, -0.15) is 18.3 Å². The van der Waals surface area contributed by atoms with Crippen LogP contribution in [0.2, 0.25) is 0 Å². The molecule has 2 aromatic heterocycles.